The molecule has 0 saturated carbocycles. The third-order valence-electron chi connectivity index (χ3n) is 5.40. The molecule has 1 unspecified atom stereocenters. The summed E-state index contributed by atoms with van der Waals surface area (Å²) in [6.45, 7) is 7.15. The van der Waals surface area contributed by atoms with Crippen molar-refractivity contribution >= 4 is 28.7 Å². The first-order valence-electron chi connectivity index (χ1n) is 11.8. The Kier molecular flexibility index (Phi) is 9.01. The van der Waals surface area contributed by atoms with Crippen LogP contribution in [0.1, 0.15) is 51.5 Å². The molecule has 0 aliphatic rings. The van der Waals surface area contributed by atoms with E-state index in [1.807, 2.05) is 57.2 Å². The van der Waals surface area contributed by atoms with Crippen molar-refractivity contribution in [3.8, 4) is 5.75 Å². The van der Waals surface area contributed by atoms with Crippen LogP contribution in [0.25, 0.3) is 10.9 Å². The van der Waals surface area contributed by atoms with Gasteiger partial charge in [0.2, 0.25) is 0 Å². The average molecular weight is 522 g/mol. The van der Waals surface area contributed by atoms with Gasteiger partial charge < -0.3 is 15.0 Å². The van der Waals surface area contributed by atoms with E-state index in [9.17, 15) is 22.8 Å². The molecule has 1 aromatic carbocycles. The zero-order valence-corrected chi connectivity index (χ0v) is 20.9. The standard InChI is InChI=1S/C26H30F3N3O5/c1-25(2,3)15-17(13-23(33)36-37-24(34)26(27,28)29)20-16-32-21-14-18(8-9-19(20)21)35-12-6-11-31-22-7-4-5-10-30-22/h4-5,7-10,14,16-17,32H,6,11-13,15H2,1-3H3,(H,30,31). The van der Waals surface area contributed by atoms with Crippen LogP contribution in [0.3, 0.4) is 0 Å². The predicted molar refractivity (Wildman–Crippen MR) is 131 cm³/mol. The number of carbonyl (C=O) groups excluding carboxylic acids is 2. The number of aromatic amines is 1. The first-order valence-corrected chi connectivity index (χ1v) is 11.8. The maximum absolute atomic E-state index is 12.3. The molecule has 2 aromatic heterocycles. The second-order valence-corrected chi connectivity index (χ2v) is 9.78. The fourth-order valence-corrected chi connectivity index (χ4v) is 3.90. The van der Waals surface area contributed by atoms with Gasteiger partial charge in [0, 0.05) is 35.9 Å². The molecule has 0 amide bonds. The molecular weight excluding hydrogens is 491 g/mol. The summed E-state index contributed by atoms with van der Waals surface area (Å²) in [5.41, 5.74) is 1.38. The van der Waals surface area contributed by atoms with E-state index in [0.29, 0.717) is 25.3 Å². The number of nitrogens with zero attached hydrogens (tertiary/aromatic N) is 1. The van der Waals surface area contributed by atoms with Crippen LogP contribution in [0.5, 0.6) is 5.75 Å². The van der Waals surface area contributed by atoms with E-state index >= 15 is 0 Å². The molecule has 0 fully saturated rings. The molecule has 37 heavy (non-hydrogen) atoms. The first-order chi connectivity index (χ1) is 17.4. The molecule has 2 heterocycles. The molecule has 200 valence electrons. The summed E-state index contributed by atoms with van der Waals surface area (Å²) in [5.74, 6) is -2.57. The van der Waals surface area contributed by atoms with Crippen molar-refractivity contribution in [2.75, 3.05) is 18.5 Å². The van der Waals surface area contributed by atoms with Crippen LogP contribution >= 0.6 is 0 Å². The number of alkyl halides is 3. The first kappa shape index (κ1) is 27.8. The lowest BCUT2D eigenvalue weighted by atomic mass is 9.80. The number of halogens is 3. The lowest BCUT2D eigenvalue weighted by Crippen LogP contribution is -2.27. The molecule has 0 bridgehead atoms. The van der Waals surface area contributed by atoms with Gasteiger partial charge in [-0.05, 0) is 54.0 Å². The fraction of sp³-hybridized carbons (Fsp3) is 0.423. The summed E-state index contributed by atoms with van der Waals surface area (Å²) >= 11 is 0. The van der Waals surface area contributed by atoms with Gasteiger partial charge in [-0.1, -0.05) is 26.8 Å². The molecule has 11 heteroatoms. The lowest BCUT2D eigenvalue weighted by molar-refractivity contribution is -0.286. The van der Waals surface area contributed by atoms with Gasteiger partial charge in [-0.3, -0.25) is 0 Å². The van der Waals surface area contributed by atoms with Gasteiger partial charge in [0.15, 0.2) is 0 Å². The van der Waals surface area contributed by atoms with Crippen LogP contribution in [-0.4, -0.2) is 41.2 Å². The van der Waals surface area contributed by atoms with Crippen molar-refractivity contribution in [2.45, 2.75) is 52.1 Å². The monoisotopic (exact) mass is 521 g/mol. The van der Waals surface area contributed by atoms with Crippen molar-refractivity contribution < 1.29 is 37.3 Å². The van der Waals surface area contributed by atoms with E-state index in [1.54, 1.807) is 12.4 Å². The highest BCUT2D eigenvalue weighted by Gasteiger charge is 2.43. The van der Waals surface area contributed by atoms with Gasteiger partial charge in [-0.2, -0.15) is 13.2 Å². The minimum Gasteiger partial charge on any atom is -0.493 e. The summed E-state index contributed by atoms with van der Waals surface area (Å²) in [7, 11) is 0. The Balaban J connectivity index is 1.62. The van der Waals surface area contributed by atoms with Gasteiger partial charge in [0.25, 0.3) is 0 Å². The topological polar surface area (TPSA) is 103 Å². The number of hydrogen-bond donors (Lipinski definition) is 2. The van der Waals surface area contributed by atoms with Crippen LogP contribution in [0, 0.1) is 5.41 Å². The van der Waals surface area contributed by atoms with Gasteiger partial charge in [0.05, 0.1) is 13.0 Å². The van der Waals surface area contributed by atoms with E-state index in [-0.39, 0.29) is 11.8 Å². The van der Waals surface area contributed by atoms with E-state index in [0.717, 1.165) is 28.7 Å². The SMILES string of the molecule is CC(C)(C)CC(CC(=O)OOC(=O)C(F)(F)F)c1c[nH]c2cc(OCCCNc3ccccn3)ccc12. The molecule has 3 rings (SSSR count). The van der Waals surface area contributed by atoms with Crippen LogP contribution < -0.4 is 10.1 Å². The van der Waals surface area contributed by atoms with Crippen LogP contribution in [-0.2, 0) is 19.4 Å². The Labute approximate surface area is 212 Å². The van der Waals surface area contributed by atoms with Gasteiger partial charge in [0.1, 0.15) is 11.6 Å². The van der Waals surface area contributed by atoms with Crippen LogP contribution in [0.15, 0.2) is 48.8 Å². The molecule has 0 saturated heterocycles. The van der Waals surface area contributed by atoms with Gasteiger partial charge in [-0.25, -0.2) is 24.3 Å². The summed E-state index contributed by atoms with van der Waals surface area (Å²) < 4.78 is 42.8. The number of H-pyrrole nitrogens is 1. The maximum atomic E-state index is 12.3. The summed E-state index contributed by atoms with van der Waals surface area (Å²) in [5, 5.41) is 4.06. The number of hydrogen-bond acceptors (Lipinski definition) is 7. The highest BCUT2D eigenvalue weighted by Crippen LogP contribution is 2.38. The summed E-state index contributed by atoms with van der Waals surface area (Å²) in [4.78, 5) is 38.2. The lowest BCUT2D eigenvalue weighted by Gasteiger charge is -2.25. The van der Waals surface area contributed by atoms with Crippen molar-refractivity contribution in [1.82, 2.24) is 9.97 Å². The van der Waals surface area contributed by atoms with E-state index in [1.165, 1.54) is 0 Å². The third kappa shape index (κ3) is 8.69. The Morgan fingerprint density at radius 1 is 1.11 bits per heavy atom. The molecule has 0 radical (unpaired) electrons. The molecule has 2 N–H and O–H groups in total. The predicted octanol–water partition coefficient (Wildman–Crippen LogP) is 5.92. The fourth-order valence-electron chi connectivity index (χ4n) is 3.90. The highest BCUT2D eigenvalue weighted by atomic mass is 19.4. The number of benzene rings is 1. The number of nitrogens with one attached hydrogen (secondary N) is 2. The van der Waals surface area contributed by atoms with Gasteiger partial charge in [-0.15, -0.1) is 0 Å². The quantitative estimate of drug-likeness (QED) is 0.194. The Hall–Kier alpha value is -3.76. The maximum Gasteiger partial charge on any atom is 0.495 e. The minimum absolute atomic E-state index is 0.205. The zero-order valence-electron chi connectivity index (χ0n) is 20.9. The summed E-state index contributed by atoms with van der Waals surface area (Å²) in [6.07, 6.45) is -0.746. The smallest absolute Gasteiger partial charge is 0.493 e. The van der Waals surface area contributed by atoms with Crippen molar-refractivity contribution in [1.29, 1.82) is 0 Å². The number of carbonyl (C=O) groups is 2. The molecule has 3 aromatic rings. The normalized spacial score (nSPS) is 12.7. The molecule has 0 aliphatic carbocycles. The largest absolute Gasteiger partial charge is 0.495 e. The second-order valence-electron chi connectivity index (χ2n) is 9.78. The highest BCUT2D eigenvalue weighted by molar-refractivity contribution is 5.86. The Bertz CT molecular complexity index is 1190. The molecule has 0 aliphatic heterocycles. The Morgan fingerprint density at radius 2 is 1.89 bits per heavy atom. The number of pyridine rings is 1. The summed E-state index contributed by atoms with van der Waals surface area (Å²) in [6, 6.07) is 11.2. The number of fused-ring (bicyclic) bond motifs is 1. The minimum atomic E-state index is -5.25. The zero-order chi connectivity index (χ0) is 27.1. The molecular formula is C26H30F3N3O5. The number of anilines is 1. The number of aromatic nitrogens is 2. The van der Waals surface area contributed by atoms with E-state index in [4.69, 9.17) is 4.74 Å². The number of ether oxygens (including phenoxy) is 1. The molecule has 0 spiro atoms. The van der Waals surface area contributed by atoms with E-state index < -0.39 is 24.0 Å². The Morgan fingerprint density at radius 3 is 2.57 bits per heavy atom. The third-order valence-corrected chi connectivity index (χ3v) is 5.40. The number of rotatable bonds is 10. The molecule has 8 nitrogen and oxygen atoms in total. The van der Waals surface area contributed by atoms with Crippen LogP contribution in [0.4, 0.5) is 19.0 Å². The van der Waals surface area contributed by atoms with Crippen molar-refractivity contribution in [3.63, 3.8) is 0 Å². The van der Waals surface area contributed by atoms with Gasteiger partial charge >= 0.3 is 18.1 Å². The van der Waals surface area contributed by atoms with Crippen LogP contribution in [0.2, 0.25) is 0 Å². The van der Waals surface area contributed by atoms with E-state index in [2.05, 4.69) is 25.1 Å². The van der Waals surface area contributed by atoms with Crippen molar-refractivity contribution in [2.24, 2.45) is 5.41 Å². The molecule has 1 atom stereocenters. The second kappa shape index (κ2) is 12.0. The van der Waals surface area contributed by atoms with Crippen molar-refractivity contribution in [3.05, 3.63) is 54.4 Å². The average Bonchev–Trinajstić information content (AvgIpc) is 3.24.